The minimum Gasteiger partial charge on any atom is -0.444 e. The molecule has 7 heteroatoms. The molecule has 0 aliphatic rings. The van der Waals surface area contributed by atoms with Crippen molar-refractivity contribution in [3.8, 4) is 0 Å². The molecule has 0 fully saturated rings. The molecule has 0 aliphatic heterocycles. The molecule has 7 nitrogen and oxygen atoms in total. The number of benzene rings is 1. The predicted octanol–water partition coefficient (Wildman–Crippen LogP) is 3.93. The number of rotatable bonds is 7. The van der Waals surface area contributed by atoms with E-state index < -0.39 is 11.0 Å². The number of unbranched alkanes of at least 4 members (excludes halogenated alkanes) is 1. The van der Waals surface area contributed by atoms with Gasteiger partial charge in [0.25, 0.3) is 5.69 Å². The number of nitro benzene ring substituents is 1. The monoisotopic (exact) mass is 329 g/mol. The Hall–Kier alpha value is -2.96. The van der Waals surface area contributed by atoms with Crippen LogP contribution in [-0.4, -0.2) is 22.5 Å². The van der Waals surface area contributed by atoms with Crippen LogP contribution < -0.4 is 4.90 Å². The van der Waals surface area contributed by atoms with Gasteiger partial charge in [-0.1, -0.05) is 25.5 Å². The highest BCUT2D eigenvalue weighted by Crippen LogP contribution is 2.20. The highest BCUT2D eigenvalue weighted by atomic mass is 16.6. The van der Waals surface area contributed by atoms with Crippen molar-refractivity contribution in [1.82, 2.24) is 4.98 Å². The minimum atomic E-state index is -0.534. The summed E-state index contributed by atoms with van der Waals surface area (Å²) in [7, 11) is 0. The molecule has 1 heterocycles. The molecule has 0 unspecified atom stereocenters. The van der Waals surface area contributed by atoms with Crippen molar-refractivity contribution in [2.45, 2.75) is 26.4 Å². The van der Waals surface area contributed by atoms with Crippen LogP contribution in [-0.2, 0) is 11.3 Å². The van der Waals surface area contributed by atoms with Crippen LogP contribution in [0, 0.1) is 10.1 Å². The van der Waals surface area contributed by atoms with Gasteiger partial charge in [0, 0.05) is 25.0 Å². The van der Waals surface area contributed by atoms with E-state index in [4.69, 9.17) is 4.74 Å². The first-order chi connectivity index (χ1) is 11.6. The van der Waals surface area contributed by atoms with Crippen molar-refractivity contribution in [2.24, 2.45) is 0 Å². The van der Waals surface area contributed by atoms with E-state index in [1.54, 1.807) is 42.7 Å². The summed E-state index contributed by atoms with van der Waals surface area (Å²) in [5, 5.41) is 11.0. The number of hydrogen-bond acceptors (Lipinski definition) is 5. The second kappa shape index (κ2) is 8.61. The number of carbonyl (C=O) groups is 1. The summed E-state index contributed by atoms with van der Waals surface area (Å²) >= 11 is 0. The lowest BCUT2D eigenvalue weighted by atomic mass is 10.2. The Balaban J connectivity index is 2.10. The zero-order valence-corrected chi connectivity index (χ0v) is 13.4. The number of anilines is 1. The summed E-state index contributed by atoms with van der Waals surface area (Å²) in [6.07, 6.45) is 4.42. The molecule has 2 rings (SSSR count). The summed E-state index contributed by atoms with van der Waals surface area (Å²) in [5.74, 6) is 0. The van der Waals surface area contributed by atoms with Gasteiger partial charge < -0.3 is 4.74 Å². The number of nitro groups is 1. The van der Waals surface area contributed by atoms with Gasteiger partial charge in [-0.15, -0.1) is 0 Å². The number of amides is 1. The second-order valence-electron chi connectivity index (χ2n) is 5.15. The Labute approximate surface area is 140 Å². The van der Waals surface area contributed by atoms with Crippen molar-refractivity contribution in [3.63, 3.8) is 0 Å². The van der Waals surface area contributed by atoms with Gasteiger partial charge in [-0.25, -0.2) is 4.79 Å². The van der Waals surface area contributed by atoms with Gasteiger partial charge in [0.05, 0.1) is 16.2 Å². The number of aromatic nitrogens is 1. The summed E-state index contributed by atoms with van der Waals surface area (Å²) in [6, 6.07) is 9.67. The largest absolute Gasteiger partial charge is 0.444 e. The van der Waals surface area contributed by atoms with Crippen molar-refractivity contribution < 1.29 is 14.5 Å². The Morgan fingerprint density at radius 3 is 2.62 bits per heavy atom. The molecule has 0 saturated carbocycles. The van der Waals surface area contributed by atoms with Crippen LogP contribution in [0.4, 0.5) is 16.2 Å². The van der Waals surface area contributed by atoms with E-state index in [1.807, 2.05) is 6.92 Å². The summed E-state index contributed by atoms with van der Waals surface area (Å²) in [4.78, 5) is 28.4. The molecule has 1 amide bonds. The molecule has 0 atom stereocenters. The number of pyridine rings is 1. The smallest absolute Gasteiger partial charge is 0.414 e. The lowest BCUT2D eigenvalue weighted by Gasteiger charge is -2.21. The third-order valence-electron chi connectivity index (χ3n) is 3.47. The Bertz CT molecular complexity index is 691. The summed E-state index contributed by atoms with van der Waals surface area (Å²) in [6.45, 7) is 2.39. The second-order valence-corrected chi connectivity index (χ2v) is 5.15. The first-order valence-corrected chi connectivity index (χ1v) is 7.70. The average Bonchev–Trinajstić information content (AvgIpc) is 2.61. The number of nitrogens with zero attached hydrogens (tertiary/aromatic N) is 3. The molecule has 0 N–H and O–H groups in total. The predicted molar refractivity (Wildman–Crippen MR) is 89.8 cm³/mol. The molecule has 0 spiro atoms. The first kappa shape index (κ1) is 17.4. The molecule has 0 saturated heterocycles. The van der Waals surface area contributed by atoms with E-state index in [0.717, 1.165) is 12.8 Å². The summed E-state index contributed by atoms with van der Waals surface area (Å²) < 4.78 is 5.29. The number of carbonyl (C=O) groups excluding carboxylic acids is 1. The van der Waals surface area contributed by atoms with Crippen LogP contribution in [0.25, 0.3) is 0 Å². The van der Waals surface area contributed by atoms with Crippen LogP contribution in [0.3, 0.4) is 0 Å². The van der Waals surface area contributed by atoms with Crippen molar-refractivity contribution in [2.75, 3.05) is 11.4 Å². The molecular weight excluding hydrogens is 310 g/mol. The molecule has 1 aromatic carbocycles. The maximum absolute atomic E-state index is 12.4. The fraction of sp³-hybridized carbons (Fsp3) is 0.294. The third-order valence-corrected chi connectivity index (χ3v) is 3.47. The van der Waals surface area contributed by atoms with Crippen LogP contribution in [0.15, 0.2) is 48.8 Å². The molecule has 2 aromatic rings. The normalized spacial score (nSPS) is 10.2. The van der Waals surface area contributed by atoms with Gasteiger partial charge >= 0.3 is 6.09 Å². The SMILES string of the molecule is CCCCN(C(=O)OCc1ccccc1[N+](=O)[O-])c1ccncc1. The Kier molecular flexibility index (Phi) is 6.24. The van der Waals surface area contributed by atoms with Crippen molar-refractivity contribution in [3.05, 3.63) is 64.5 Å². The quantitative estimate of drug-likeness (QED) is 0.567. The van der Waals surface area contributed by atoms with Gasteiger partial charge in [0.2, 0.25) is 0 Å². The van der Waals surface area contributed by atoms with Crippen LogP contribution in [0.5, 0.6) is 0 Å². The molecule has 126 valence electrons. The standard InChI is InChI=1S/C17H19N3O4/c1-2-3-12-19(15-8-10-18-11-9-15)17(21)24-13-14-6-4-5-7-16(14)20(22)23/h4-11H,2-3,12-13H2,1H3. The molecule has 0 radical (unpaired) electrons. The summed E-state index contributed by atoms with van der Waals surface area (Å²) in [5.41, 5.74) is 0.987. The van der Waals surface area contributed by atoms with Crippen LogP contribution in [0.1, 0.15) is 25.3 Å². The minimum absolute atomic E-state index is 0.0608. The van der Waals surface area contributed by atoms with E-state index in [-0.39, 0.29) is 12.3 Å². The van der Waals surface area contributed by atoms with E-state index >= 15 is 0 Å². The molecular formula is C17H19N3O4. The lowest BCUT2D eigenvalue weighted by Crippen LogP contribution is -2.32. The van der Waals surface area contributed by atoms with Gasteiger partial charge in [-0.2, -0.15) is 0 Å². The molecule has 24 heavy (non-hydrogen) atoms. The maximum Gasteiger partial charge on any atom is 0.414 e. The van der Waals surface area contributed by atoms with Crippen molar-refractivity contribution in [1.29, 1.82) is 0 Å². The number of ether oxygens (including phenoxy) is 1. The Morgan fingerprint density at radius 1 is 1.25 bits per heavy atom. The zero-order chi connectivity index (χ0) is 17.4. The average molecular weight is 329 g/mol. The maximum atomic E-state index is 12.4. The van der Waals surface area contributed by atoms with E-state index in [9.17, 15) is 14.9 Å². The topological polar surface area (TPSA) is 85.6 Å². The van der Waals surface area contributed by atoms with E-state index in [2.05, 4.69) is 4.98 Å². The first-order valence-electron chi connectivity index (χ1n) is 7.70. The highest BCUT2D eigenvalue weighted by molar-refractivity contribution is 5.87. The molecule has 0 bridgehead atoms. The van der Waals surface area contributed by atoms with Crippen LogP contribution in [0.2, 0.25) is 0 Å². The van der Waals surface area contributed by atoms with Gasteiger partial charge in [-0.05, 0) is 24.6 Å². The van der Waals surface area contributed by atoms with Gasteiger partial charge in [0.1, 0.15) is 6.61 Å². The van der Waals surface area contributed by atoms with Crippen LogP contribution >= 0.6 is 0 Å². The fourth-order valence-electron chi connectivity index (χ4n) is 2.19. The third kappa shape index (κ3) is 4.52. The number of hydrogen-bond donors (Lipinski definition) is 0. The molecule has 1 aromatic heterocycles. The number of para-hydroxylation sites is 1. The Morgan fingerprint density at radius 2 is 1.96 bits per heavy atom. The van der Waals surface area contributed by atoms with E-state index in [1.165, 1.54) is 11.0 Å². The molecule has 0 aliphatic carbocycles. The lowest BCUT2D eigenvalue weighted by molar-refractivity contribution is -0.385. The highest BCUT2D eigenvalue weighted by Gasteiger charge is 2.19. The zero-order valence-electron chi connectivity index (χ0n) is 13.4. The van der Waals surface area contributed by atoms with E-state index in [0.29, 0.717) is 17.8 Å². The van der Waals surface area contributed by atoms with Crippen molar-refractivity contribution >= 4 is 17.5 Å². The van der Waals surface area contributed by atoms with Gasteiger partial charge in [-0.3, -0.25) is 20.0 Å². The fourth-order valence-corrected chi connectivity index (χ4v) is 2.19. The van der Waals surface area contributed by atoms with Gasteiger partial charge in [0.15, 0.2) is 0 Å².